The number of carbonyl (C=O) groups excluding carboxylic acids is 2. The number of alkyl halides is 3. The molecule has 47 heavy (non-hydrogen) atoms. The summed E-state index contributed by atoms with van der Waals surface area (Å²) < 4.78 is 59.6. The van der Waals surface area contributed by atoms with E-state index in [0.29, 0.717) is 47.0 Å². The quantitative estimate of drug-likeness (QED) is 0.230. The second kappa shape index (κ2) is 13.6. The summed E-state index contributed by atoms with van der Waals surface area (Å²) in [6, 6.07) is 17.2. The first-order valence-corrected chi connectivity index (χ1v) is 15.1. The van der Waals surface area contributed by atoms with Gasteiger partial charge >= 0.3 is 6.18 Å². The molecule has 5 rings (SSSR count). The molecule has 0 aromatic heterocycles. The fourth-order valence-corrected chi connectivity index (χ4v) is 5.79. The zero-order valence-electron chi connectivity index (χ0n) is 26.0. The van der Waals surface area contributed by atoms with Crippen LogP contribution in [0.25, 0.3) is 0 Å². The molecule has 1 aliphatic heterocycles. The summed E-state index contributed by atoms with van der Waals surface area (Å²) in [5, 5.41) is 9.46. The van der Waals surface area contributed by atoms with Gasteiger partial charge in [0.25, 0.3) is 0 Å². The molecule has 0 saturated heterocycles. The van der Waals surface area contributed by atoms with Crippen molar-refractivity contribution in [2.75, 3.05) is 11.5 Å². The van der Waals surface area contributed by atoms with E-state index in [2.05, 4.69) is 6.07 Å². The number of nitrogens with zero attached hydrogens (tertiary/aromatic N) is 4. The van der Waals surface area contributed by atoms with Crippen LogP contribution in [-0.4, -0.2) is 35.2 Å². The van der Waals surface area contributed by atoms with Crippen LogP contribution in [0, 0.1) is 29.0 Å². The molecule has 0 radical (unpaired) electrons. The Morgan fingerprint density at radius 3 is 2.51 bits per heavy atom. The van der Waals surface area contributed by atoms with Gasteiger partial charge in [0, 0.05) is 6.54 Å². The van der Waals surface area contributed by atoms with Gasteiger partial charge in [0.05, 0.1) is 53.6 Å². The zero-order valence-corrected chi connectivity index (χ0v) is 26.0. The normalized spacial score (nSPS) is 18.1. The predicted molar refractivity (Wildman–Crippen MR) is 169 cm³/mol. The van der Waals surface area contributed by atoms with E-state index in [4.69, 9.17) is 9.73 Å². The number of aliphatic imine (C=N–C) groups is 1. The second-order valence-electron chi connectivity index (χ2n) is 11.4. The highest BCUT2D eigenvalue weighted by Gasteiger charge is 2.42. The van der Waals surface area contributed by atoms with Crippen molar-refractivity contribution >= 4 is 23.3 Å². The fraction of sp³-hybridized carbons (Fsp3) is 0.278. The van der Waals surface area contributed by atoms with Crippen molar-refractivity contribution in [3.8, 4) is 11.8 Å². The van der Waals surface area contributed by atoms with E-state index >= 15 is 0 Å². The van der Waals surface area contributed by atoms with Crippen molar-refractivity contribution in [1.29, 1.82) is 5.26 Å². The summed E-state index contributed by atoms with van der Waals surface area (Å²) in [5.41, 5.74) is 0.634. The molecule has 3 aromatic carbocycles. The van der Waals surface area contributed by atoms with E-state index in [1.165, 1.54) is 9.80 Å². The van der Waals surface area contributed by atoms with Crippen LogP contribution in [0.3, 0.4) is 0 Å². The lowest BCUT2D eigenvalue weighted by atomic mass is 9.84. The smallest absolute Gasteiger partial charge is 0.419 e. The minimum absolute atomic E-state index is 0.0260. The molecule has 1 aliphatic carbocycles. The number of benzene rings is 3. The third kappa shape index (κ3) is 7.12. The minimum atomic E-state index is -4.88. The molecular weight excluding hydrogens is 612 g/mol. The van der Waals surface area contributed by atoms with Crippen molar-refractivity contribution in [3.63, 3.8) is 0 Å². The van der Waals surface area contributed by atoms with Gasteiger partial charge in [-0.3, -0.25) is 14.5 Å². The monoisotopic (exact) mass is 644 g/mol. The molecular formula is C36H32F4N4O3. The highest BCUT2D eigenvalue weighted by molar-refractivity contribution is 6.22. The maximum atomic E-state index is 14.5. The highest BCUT2D eigenvalue weighted by Crippen LogP contribution is 2.37. The van der Waals surface area contributed by atoms with E-state index in [9.17, 15) is 32.4 Å². The standard InChI is InChI=1S/C36H32F4N4O3/c1-4-47-28-14-12-27(13-15-28)44-34(42-31-10-5-7-22(2)33(31)35(44)46)23(3)43(21-26-9-6-8-25(17-26)20-41)32(45)19-24-11-16-29(30(37)18-24)36(38,39)40/h5-18,22-23,33H,4,19,21H2,1-3H3/t22?,23-,33?/m1/s1. The summed E-state index contributed by atoms with van der Waals surface area (Å²) in [6.45, 7) is 5.92. The van der Waals surface area contributed by atoms with Gasteiger partial charge in [0.2, 0.25) is 11.8 Å². The van der Waals surface area contributed by atoms with Gasteiger partial charge < -0.3 is 9.64 Å². The van der Waals surface area contributed by atoms with Crippen LogP contribution in [0.5, 0.6) is 5.75 Å². The number of amidine groups is 1. The first-order valence-electron chi connectivity index (χ1n) is 15.1. The SMILES string of the molecule is CCOc1ccc(N2C(=O)C3C(=CC=CC3C)N=C2[C@@H](C)N(Cc2cccc(C#N)c2)C(=O)Cc2ccc(C(F)(F)F)c(F)c2)cc1. The van der Waals surface area contributed by atoms with Crippen LogP contribution < -0.4 is 9.64 Å². The number of nitriles is 1. The van der Waals surface area contributed by atoms with Gasteiger partial charge in [-0.25, -0.2) is 9.38 Å². The summed E-state index contributed by atoms with van der Waals surface area (Å²) >= 11 is 0. The Hall–Kier alpha value is -5.24. The van der Waals surface area contributed by atoms with E-state index in [0.717, 1.165) is 6.07 Å². The molecule has 2 unspecified atom stereocenters. The summed E-state index contributed by atoms with van der Waals surface area (Å²) in [6.07, 6.45) is 0.212. The molecule has 3 aromatic rings. The second-order valence-corrected chi connectivity index (χ2v) is 11.4. The third-order valence-corrected chi connectivity index (χ3v) is 8.16. The summed E-state index contributed by atoms with van der Waals surface area (Å²) in [5.74, 6) is -2.10. The van der Waals surface area contributed by atoms with Crippen molar-refractivity contribution in [1.82, 2.24) is 4.90 Å². The summed E-state index contributed by atoms with van der Waals surface area (Å²) in [7, 11) is 0. The van der Waals surface area contributed by atoms with Gasteiger partial charge in [-0.05, 0) is 85.5 Å². The Morgan fingerprint density at radius 2 is 1.85 bits per heavy atom. The number of hydrogen-bond donors (Lipinski definition) is 0. The predicted octanol–water partition coefficient (Wildman–Crippen LogP) is 7.23. The van der Waals surface area contributed by atoms with Gasteiger partial charge in [0.15, 0.2) is 0 Å². The third-order valence-electron chi connectivity index (χ3n) is 8.16. The van der Waals surface area contributed by atoms with Crippen molar-refractivity contribution in [2.45, 2.75) is 46.0 Å². The number of halogens is 4. The van der Waals surface area contributed by atoms with E-state index in [1.54, 1.807) is 61.5 Å². The van der Waals surface area contributed by atoms with Gasteiger partial charge in [-0.2, -0.15) is 18.4 Å². The van der Waals surface area contributed by atoms with Crippen molar-refractivity contribution in [2.24, 2.45) is 16.8 Å². The highest BCUT2D eigenvalue weighted by atomic mass is 19.4. The first-order chi connectivity index (χ1) is 22.4. The number of hydrogen-bond acceptors (Lipinski definition) is 5. The fourth-order valence-electron chi connectivity index (χ4n) is 5.79. The molecule has 242 valence electrons. The molecule has 1 heterocycles. The van der Waals surface area contributed by atoms with Gasteiger partial charge in [-0.15, -0.1) is 0 Å². The molecule has 0 fully saturated rings. The first kappa shape index (κ1) is 33.1. The van der Waals surface area contributed by atoms with Crippen LogP contribution in [0.2, 0.25) is 0 Å². The average Bonchev–Trinajstić information content (AvgIpc) is 3.03. The lowest BCUT2D eigenvalue weighted by Gasteiger charge is -2.41. The Morgan fingerprint density at radius 1 is 1.11 bits per heavy atom. The van der Waals surface area contributed by atoms with Gasteiger partial charge in [0.1, 0.15) is 17.4 Å². The van der Waals surface area contributed by atoms with E-state index in [1.807, 2.05) is 26.0 Å². The van der Waals surface area contributed by atoms with Gasteiger partial charge in [-0.1, -0.05) is 37.3 Å². The van der Waals surface area contributed by atoms with Crippen LogP contribution in [0.15, 0.2) is 95.6 Å². The maximum absolute atomic E-state index is 14.5. The minimum Gasteiger partial charge on any atom is -0.494 e. The molecule has 2 amide bonds. The van der Waals surface area contributed by atoms with Crippen molar-refractivity contribution in [3.05, 3.63) is 119 Å². The molecule has 0 spiro atoms. The number of rotatable bonds is 9. The maximum Gasteiger partial charge on any atom is 0.419 e. The molecule has 3 atom stereocenters. The van der Waals surface area contributed by atoms with E-state index in [-0.39, 0.29) is 29.8 Å². The molecule has 11 heteroatoms. The molecule has 0 N–H and O–H groups in total. The number of anilines is 1. The summed E-state index contributed by atoms with van der Waals surface area (Å²) in [4.78, 5) is 36.1. The molecule has 0 saturated carbocycles. The van der Waals surface area contributed by atoms with Crippen molar-refractivity contribution < 1.29 is 31.9 Å². The average molecular weight is 645 g/mol. The largest absolute Gasteiger partial charge is 0.494 e. The van der Waals surface area contributed by atoms with Crippen LogP contribution >= 0.6 is 0 Å². The Bertz CT molecular complexity index is 1810. The van der Waals surface area contributed by atoms with E-state index < -0.39 is 41.8 Å². The number of fused-ring (bicyclic) bond motifs is 1. The Labute approximate surface area is 270 Å². The number of amides is 2. The lowest BCUT2D eigenvalue weighted by Crippen LogP contribution is -2.55. The Balaban J connectivity index is 1.57. The van der Waals surface area contributed by atoms with Crippen LogP contribution in [0.4, 0.5) is 23.2 Å². The number of allylic oxidation sites excluding steroid dienone is 3. The van der Waals surface area contributed by atoms with Crippen LogP contribution in [0.1, 0.15) is 43.0 Å². The molecule has 2 aliphatic rings. The van der Waals surface area contributed by atoms with Crippen LogP contribution in [-0.2, 0) is 28.7 Å². The zero-order chi connectivity index (χ0) is 33.9. The topological polar surface area (TPSA) is 86.0 Å². The molecule has 0 bridgehead atoms. The number of ether oxygens (including phenoxy) is 1. The molecule has 7 nitrogen and oxygen atoms in total. The number of carbonyl (C=O) groups is 2. The lowest BCUT2D eigenvalue weighted by molar-refractivity contribution is -0.140. The Kier molecular flexibility index (Phi) is 9.61.